The molecule has 0 bridgehead atoms. The first-order valence-corrected chi connectivity index (χ1v) is 9.05. The topological polar surface area (TPSA) is 67.3 Å². The smallest absolute Gasteiger partial charge is 0.227 e. The van der Waals surface area contributed by atoms with Gasteiger partial charge in [-0.2, -0.15) is 0 Å². The average Bonchev–Trinajstić information content (AvgIpc) is 2.61. The van der Waals surface area contributed by atoms with Crippen LogP contribution < -0.4 is 15.0 Å². The first-order chi connectivity index (χ1) is 12.5. The second kappa shape index (κ2) is 7.91. The number of piperidine rings is 1. The van der Waals surface area contributed by atoms with Gasteiger partial charge in [0.05, 0.1) is 12.8 Å². The van der Waals surface area contributed by atoms with Crippen molar-refractivity contribution in [2.45, 2.75) is 26.7 Å². The number of nitrogens with one attached hydrogen (secondary N) is 1. The van der Waals surface area contributed by atoms with Gasteiger partial charge in [0.25, 0.3) is 0 Å². The second-order valence-corrected chi connectivity index (χ2v) is 6.98. The molecule has 6 nitrogen and oxygen atoms in total. The third kappa shape index (κ3) is 4.25. The third-order valence-corrected chi connectivity index (χ3v) is 4.77. The highest BCUT2D eigenvalue weighted by atomic mass is 35.5. The summed E-state index contributed by atoms with van der Waals surface area (Å²) in [6.07, 6.45) is 1.51. The van der Waals surface area contributed by atoms with Crippen LogP contribution in [0.2, 0.25) is 5.02 Å². The minimum atomic E-state index is -0.0548. The number of aryl methyl sites for hydroxylation is 2. The van der Waals surface area contributed by atoms with Crippen LogP contribution in [0, 0.1) is 19.8 Å². The maximum atomic E-state index is 12.6. The molecule has 3 rings (SSSR count). The standard InChI is InChI=1S/C19H23ClN4O2/c1-12-10-13(2)22-19(21-12)24-8-6-14(7-9-24)18(25)23-16-11-15(20)4-5-17(16)26-3/h4-5,10-11,14H,6-9H2,1-3H3,(H,23,25). The minimum Gasteiger partial charge on any atom is -0.495 e. The maximum Gasteiger partial charge on any atom is 0.227 e. The van der Waals surface area contributed by atoms with E-state index < -0.39 is 0 Å². The number of hydrogen-bond acceptors (Lipinski definition) is 5. The number of ether oxygens (including phenoxy) is 1. The zero-order valence-corrected chi connectivity index (χ0v) is 16.0. The van der Waals surface area contributed by atoms with Crippen LogP contribution in [0.1, 0.15) is 24.2 Å². The molecule has 0 atom stereocenters. The molecule has 2 aromatic rings. The highest BCUT2D eigenvalue weighted by molar-refractivity contribution is 6.31. The summed E-state index contributed by atoms with van der Waals surface area (Å²) < 4.78 is 5.29. The third-order valence-electron chi connectivity index (χ3n) is 4.54. The van der Waals surface area contributed by atoms with E-state index >= 15 is 0 Å². The van der Waals surface area contributed by atoms with E-state index in [0.717, 1.165) is 43.3 Å². The molecule has 1 aromatic heterocycles. The second-order valence-electron chi connectivity index (χ2n) is 6.55. The van der Waals surface area contributed by atoms with Crippen molar-refractivity contribution in [2.24, 2.45) is 5.92 Å². The van der Waals surface area contributed by atoms with Crippen LogP contribution in [0.25, 0.3) is 0 Å². The predicted octanol–water partition coefficient (Wildman–Crippen LogP) is 3.61. The Morgan fingerprint density at radius 1 is 1.19 bits per heavy atom. The van der Waals surface area contributed by atoms with Crippen molar-refractivity contribution in [1.82, 2.24) is 9.97 Å². The van der Waals surface area contributed by atoms with E-state index in [1.807, 2.05) is 19.9 Å². The molecule has 1 saturated heterocycles. The molecule has 1 aliphatic rings. The summed E-state index contributed by atoms with van der Waals surface area (Å²) in [5.41, 5.74) is 2.52. The highest BCUT2D eigenvalue weighted by Gasteiger charge is 2.27. The van der Waals surface area contributed by atoms with E-state index in [4.69, 9.17) is 16.3 Å². The molecule has 26 heavy (non-hydrogen) atoms. The number of halogens is 1. The van der Waals surface area contributed by atoms with Crippen molar-refractivity contribution in [2.75, 3.05) is 30.4 Å². The minimum absolute atomic E-state index is 0.00782. The number of carbonyl (C=O) groups is 1. The number of anilines is 2. The fourth-order valence-corrected chi connectivity index (χ4v) is 3.38. The molecule has 1 fully saturated rings. The Hall–Kier alpha value is -2.34. The number of methoxy groups -OCH3 is 1. The number of rotatable bonds is 4. The Morgan fingerprint density at radius 2 is 1.85 bits per heavy atom. The average molecular weight is 375 g/mol. The molecule has 0 unspecified atom stereocenters. The van der Waals surface area contributed by atoms with E-state index in [-0.39, 0.29) is 11.8 Å². The molecule has 0 saturated carbocycles. The Morgan fingerprint density at radius 3 is 2.46 bits per heavy atom. The van der Waals surface area contributed by atoms with E-state index in [1.54, 1.807) is 25.3 Å². The molecule has 0 radical (unpaired) electrons. The normalized spacial score (nSPS) is 15.0. The number of amides is 1. The number of benzene rings is 1. The van der Waals surface area contributed by atoms with Gasteiger partial charge in [-0.05, 0) is 51.0 Å². The summed E-state index contributed by atoms with van der Waals surface area (Å²) in [6.45, 7) is 5.45. The van der Waals surface area contributed by atoms with Crippen molar-refractivity contribution in [3.8, 4) is 5.75 Å². The van der Waals surface area contributed by atoms with Crippen LogP contribution in [0.5, 0.6) is 5.75 Å². The molecular weight excluding hydrogens is 352 g/mol. The molecule has 138 valence electrons. The first kappa shape index (κ1) is 18.5. The monoisotopic (exact) mass is 374 g/mol. The Bertz CT molecular complexity index is 784. The lowest BCUT2D eigenvalue weighted by molar-refractivity contribution is -0.120. The number of nitrogens with zero attached hydrogens (tertiary/aromatic N) is 3. The quantitative estimate of drug-likeness (QED) is 0.885. The Balaban J connectivity index is 1.63. The van der Waals surface area contributed by atoms with E-state index in [9.17, 15) is 4.79 Å². The molecule has 1 N–H and O–H groups in total. The molecule has 0 spiro atoms. The fourth-order valence-electron chi connectivity index (χ4n) is 3.20. The van der Waals surface area contributed by atoms with E-state index in [1.165, 1.54) is 0 Å². The summed E-state index contributed by atoms with van der Waals surface area (Å²) in [4.78, 5) is 23.8. The molecule has 1 aromatic carbocycles. The number of hydrogen-bond donors (Lipinski definition) is 1. The van der Waals surface area contributed by atoms with Gasteiger partial charge in [0.15, 0.2) is 0 Å². The SMILES string of the molecule is COc1ccc(Cl)cc1NC(=O)C1CCN(c2nc(C)cc(C)n2)CC1. The summed E-state index contributed by atoms with van der Waals surface area (Å²) in [7, 11) is 1.57. The van der Waals surface area contributed by atoms with Crippen LogP contribution in [0.3, 0.4) is 0 Å². The van der Waals surface area contributed by atoms with Crippen LogP contribution in [0.4, 0.5) is 11.6 Å². The van der Waals surface area contributed by atoms with Gasteiger partial charge < -0.3 is 15.0 Å². The lowest BCUT2D eigenvalue weighted by Crippen LogP contribution is -2.39. The molecule has 1 amide bonds. The zero-order chi connectivity index (χ0) is 18.7. The van der Waals surface area contributed by atoms with Crippen LogP contribution in [-0.4, -0.2) is 36.1 Å². The summed E-state index contributed by atoms with van der Waals surface area (Å²) in [5, 5.41) is 3.50. The molecule has 1 aliphatic heterocycles. The van der Waals surface area contributed by atoms with Gasteiger partial charge in [0.1, 0.15) is 5.75 Å². The van der Waals surface area contributed by atoms with Gasteiger partial charge in [-0.15, -0.1) is 0 Å². The van der Waals surface area contributed by atoms with E-state index in [2.05, 4.69) is 20.2 Å². The van der Waals surface area contributed by atoms with Crippen molar-refractivity contribution in [3.63, 3.8) is 0 Å². The molecular formula is C19H23ClN4O2. The van der Waals surface area contributed by atoms with Crippen molar-refractivity contribution < 1.29 is 9.53 Å². The van der Waals surface area contributed by atoms with E-state index in [0.29, 0.717) is 16.5 Å². The van der Waals surface area contributed by atoms with Crippen molar-refractivity contribution in [1.29, 1.82) is 0 Å². The highest BCUT2D eigenvalue weighted by Crippen LogP contribution is 2.29. The zero-order valence-electron chi connectivity index (χ0n) is 15.3. The van der Waals surface area contributed by atoms with Gasteiger partial charge in [-0.25, -0.2) is 9.97 Å². The summed E-state index contributed by atoms with van der Waals surface area (Å²) in [5.74, 6) is 1.29. The summed E-state index contributed by atoms with van der Waals surface area (Å²) >= 11 is 6.03. The van der Waals surface area contributed by atoms with Gasteiger partial charge in [-0.1, -0.05) is 11.6 Å². The molecule has 7 heteroatoms. The maximum absolute atomic E-state index is 12.6. The first-order valence-electron chi connectivity index (χ1n) is 8.68. The van der Waals surface area contributed by atoms with Crippen LogP contribution in [-0.2, 0) is 4.79 Å². The predicted molar refractivity (Wildman–Crippen MR) is 103 cm³/mol. The van der Waals surface area contributed by atoms with Crippen molar-refractivity contribution in [3.05, 3.63) is 40.7 Å². The fraction of sp³-hybridized carbons (Fsp3) is 0.421. The van der Waals surface area contributed by atoms with Gasteiger partial charge in [0, 0.05) is 35.4 Å². The number of carbonyl (C=O) groups excluding carboxylic acids is 1. The number of aromatic nitrogens is 2. The largest absolute Gasteiger partial charge is 0.495 e. The van der Waals surface area contributed by atoms with Crippen molar-refractivity contribution >= 4 is 29.1 Å². The lowest BCUT2D eigenvalue weighted by Gasteiger charge is -2.31. The Labute approximate surface area is 158 Å². The lowest BCUT2D eigenvalue weighted by atomic mass is 9.96. The van der Waals surface area contributed by atoms with Crippen LogP contribution >= 0.6 is 11.6 Å². The van der Waals surface area contributed by atoms with Crippen LogP contribution in [0.15, 0.2) is 24.3 Å². The summed E-state index contributed by atoms with van der Waals surface area (Å²) in [6, 6.07) is 7.15. The van der Waals surface area contributed by atoms with Gasteiger partial charge in [-0.3, -0.25) is 4.79 Å². The molecule has 2 heterocycles. The molecule has 0 aliphatic carbocycles. The Kier molecular flexibility index (Phi) is 5.61. The van der Waals surface area contributed by atoms with Gasteiger partial charge in [0.2, 0.25) is 11.9 Å². The van der Waals surface area contributed by atoms with Gasteiger partial charge >= 0.3 is 0 Å².